The zero-order valence-electron chi connectivity index (χ0n) is 19.9. The summed E-state index contributed by atoms with van der Waals surface area (Å²) in [5, 5.41) is 20.9. The summed E-state index contributed by atoms with van der Waals surface area (Å²) in [4.78, 5) is 29.9. The molecule has 184 valence electrons. The van der Waals surface area contributed by atoms with Crippen molar-refractivity contribution in [2.24, 2.45) is 5.73 Å². The lowest BCUT2D eigenvalue weighted by Gasteiger charge is -2.37. The van der Waals surface area contributed by atoms with Crippen LogP contribution in [0.1, 0.15) is 66.2 Å². The second-order valence-electron chi connectivity index (χ2n) is 9.16. The molecule has 0 bridgehead atoms. The highest BCUT2D eigenvalue weighted by Crippen LogP contribution is 2.47. The molecule has 0 radical (unpaired) electrons. The minimum absolute atomic E-state index is 0.114. The van der Waals surface area contributed by atoms with Crippen LogP contribution < -0.4 is 11.3 Å². The average molecular weight is 482 g/mol. The summed E-state index contributed by atoms with van der Waals surface area (Å²) in [6.07, 6.45) is -0.141. The standard InChI is InChI=1S/C24H22FN3O5.C2H6/c1-10-11-2-3-24(26,4-5-29)19-13-8-28-17(20(13)27-16(18(11)19)7-15(10)25)6-12-14(22(28)31)9-33-23(32)21(12)30;1-2/h6-7,21,29-30H,2-5,8-9,26H2,1H3;1-2H3. The Morgan fingerprint density at radius 3 is 2.71 bits per heavy atom. The van der Waals surface area contributed by atoms with Gasteiger partial charge in [0, 0.05) is 34.7 Å². The van der Waals surface area contributed by atoms with E-state index in [0.717, 1.165) is 22.1 Å². The Labute approximate surface area is 201 Å². The van der Waals surface area contributed by atoms with Crippen molar-refractivity contribution in [2.45, 2.75) is 64.8 Å². The van der Waals surface area contributed by atoms with Crippen molar-refractivity contribution in [3.8, 4) is 11.4 Å². The van der Waals surface area contributed by atoms with E-state index >= 15 is 0 Å². The van der Waals surface area contributed by atoms with E-state index in [-0.39, 0.29) is 42.3 Å². The summed E-state index contributed by atoms with van der Waals surface area (Å²) in [5.41, 5.74) is 10.4. The first-order chi connectivity index (χ1) is 16.7. The van der Waals surface area contributed by atoms with Crippen molar-refractivity contribution >= 4 is 16.9 Å². The number of carbonyl (C=O) groups excluding carboxylic acids is 1. The first-order valence-corrected chi connectivity index (χ1v) is 11.9. The van der Waals surface area contributed by atoms with E-state index in [4.69, 9.17) is 15.5 Å². The monoisotopic (exact) mass is 481 g/mol. The molecule has 0 fully saturated rings. The van der Waals surface area contributed by atoms with E-state index in [1.165, 1.54) is 10.6 Å². The number of rotatable bonds is 2. The molecule has 1 aliphatic carbocycles. The molecular weight excluding hydrogens is 453 g/mol. The Morgan fingerprint density at radius 2 is 2.00 bits per heavy atom. The molecule has 0 saturated heterocycles. The summed E-state index contributed by atoms with van der Waals surface area (Å²) >= 11 is 0. The van der Waals surface area contributed by atoms with E-state index in [1.807, 2.05) is 13.8 Å². The third kappa shape index (κ3) is 3.18. The van der Waals surface area contributed by atoms with Crippen LogP contribution in [0.5, 0.6) is 0 Å². The predicted molar refractivity (Wildman–Crippen MR) is 127 cm³/mol. The molecule has 8 nitrogen and oxygen atoms in total. The molecule has 2 unspecified atom stereocenters. The van der Waals surface area contributed by atoms with Gasteiger partial charge in [-0.15, -0.1) is 0 Å². The van der Waals surface area contributed by atoms with Crippen LogP contribution in [-0.2, 0) is 34.6 Å². The van der Waals surface area contributed by atoms with Gasteiger partial charge in [-0.3, -0.25) is 4.79 Å². The molecule has 2 atom stereocenters. The molecule has 35 heavy (non-hydrogen) atoms. The number of hydrogen-bond donors (Lipinski definition) is 3. The minimum atomic E-state index is -1.55. The van der Waals surface area contributed by atoms with Crippen LogP contribution in [0.4, 0.5) is 4.39 Å². The number of benzene rings is 1. The van der Waals surface area contributed by atoms with Gasteiger partial charge in [0.2, 0.25) is 0 Å². The number of esters is 1. The molecule has 1 aromatic carbocycles. The average Bonchev–Trinajstić information content (AvgIpc) is 3.21. The Morgan fingerprint density at radius 1 is 1.26 bits per heavy atom. The van der Waals surface area contributed by atoms with E-state index in [0.29, 0.717) is 41.7 Å². The van der Waals surface area contributed by atoms with Crippen LogP contribution >= 0.6 is 0 Å². The molecule has 0 spiro atoms. The number of aromatic nitrogens is 2. The number of fused-ring (bicyclic) bond motifs is 5. The van der Waals surface area contributed by atoms with E-state index < -0.39 is 17.6 Å². The zero-order valence-corrected chi connectivity index (χ0v) is 19.9. The predicted octanol–water partition coefficient (Wildman–Crippen LogP) is 2.47. The van der Waals surface area contributed by atoms with Gasteiger partial charge in [-0.1, -0.05) is 13.8 Å². The maximum atomic E-state index is 14.8. The number of ether oxygens (including phenoxy) is 1. The van der Waals surface area contributed by atoms with Crippen molar-refractivity contribution < 1.29 is 24.1 Å². The van der Waals surface area contributed by atoms with Gasteiger partial charge < -0.3 is 25.3 Å². The van der Waals surface area contributed by atoms with Crippen LogP contribution in [0.15, 0.2) is 16.9 Å². The number of carbonyl (C=O) groups is 1. The molecule has 2 aromatic heterocycles. The fourth-order valence-electron chi connectivity index (χ4n) is 5.72. The number of nitrogens with zero attached hydrogens (tertiary/aromatic N) is 2. The number of aliphatic hydroxyl groups is 2. The normalized spacial score (nSPS) is 21.6. The summed E-state index contributed by atoms with van der Waals surface area (Å²) in [6.45, 7) is 5.63. The highest BCUT2D eigenvalue weighted by Gasteiger charge is 2.41. The van der Waals surface area contributed by atoms with Gasteiger partial charge in [0.15, 0.2) is 6.10 Å². The quantitative estimate of drug-likeness (QED) is 0.375. The minimum Gasteiger partial charge on any atom is -0.458 e. The summed E-state index contributed by atoms with van der Waals surface area (Å²) < 4.78 is 21.3. The molecule has 9 heteroatoms. The molecule has 3 aliphatic rings. The molecule has 4 heterocycles. The van der Waals surface area contributed by atoms with Crippen molar-refractivity contribution in [1.82, 2.24) is 9.55 Å². The molecule has 3 aromatic rings. The molecule has 0 saturated carbocycles. The highest BCUT2D eigenvalue weighted by atomic mass is 19.1. The summed E-state index contributed by atoms with van der Waals surface area (Å²) in [5.74, 6) is -1.17. The fourth-order valence-corrected chi connectivity index (χ4v) is 5.72. The van der Waals surface area contributed by atoms with Crippen LogP contribution in [-0.4, -0.2) is 32.3 Å². The van der Waals surface area contributed by atoms with Gasteiger partial charge in [0.05, 0.1) is 29.0 Å². The summed E-state index contributed by atoms with van der Waals surface area (Å²) in [7, 11) is 0. The smallest absolute Gasteiger partial charge is 0.340 e. The highest BCUT2D eigenvalue weighted by molar-refractivity contribution is 5.93. The van der Waals surface area contributed by atoms with Crippen LogP contribution in [0.2, 0.25) is 0 Å². The molecule has 4 N–H and O–H groups in total. The van der Waals surface area contributed by atoms with Gasteiger partial charge in [-0.25, -0.2) is 14.2 Å². The molecule has 0 amide bonds. The molecule has 2 aliphatic heterocycles. The lowest BCUT2D eigenvalue weighted by Crippen LogP contribution is -2.42. The summed E-state index contributed by atoms with van der Waals surface area (Å²) in [6, 6.07) is 2.98. The second kappa shape index (κ2) is 8.22. The van der Waals surface area contributed by atoms with Crippen molar-refractivity contribution in [3.05, 3.63) is 61.7 Å². The zero-order chi connectivity index (χ0) is 25.2. The number of cyclic esters (lactones) is 1. The maximum absolute atomic E-state index is 14.8. The van der Waals surface area contributed by atoms with Crippen molar-refractivity contribution in [1.29, 1.82) is 0 Å². The number of hydrogen-bond acceptors (Lipinski definition) is 7. The lowest BCUT2D eigenvalue weighted by molar-refractivity contribution is -0.157. The van der Waals surface area contributed by atoms with Gasteiger partial charge in [0.25, 0.3) is 5.56 Å². The van der Waals surface area contributed by atoms with Crippen LogP contribution in [0.3, 0.4) is 0 Å². The first kappa shape index (κ1) is 23.6. The Hall–Kier alpha value is -3.14. The van der Waals surface area contributed by atoms with Gasteiger partial charge in [-0.05, 0) is 48.9 Å². The Balaban J connectivity index is 0.00000124. The maximum Gasteiger partial charge on any atom is 0.340 e. The van der Waals surface area contributed by atoms with E-state index in [1.54, 1.807) is 13.0 Å². The van der Waals surface area contributed by atoms with E-state index in [2.05, 4.69) is 0 Å². The van der Waals surface area contributed by atoms with Crippen molar-refractivity contribution in [3.63, 3.8) is 0 Å². The number of aryl methyl sites for hydroxylation is 1. The fraction of sp³-hybridized carbons (Fsp3) is 0.423. The number of aliphatic hydroxyl groups excluding tert-OH is 2. The lowest BCUT2D eigenvalue weighted by atomic mass is 9.72. The number of pyridine rings is 2. The molecule has 6 rings (SSSR count). The van der Waals surface area contributed by atoms with Gasteiger partial charge in [-0.2, -0.15) is 0 Å². The van der Waals surface area contributed by atoms with Crippen molar-refractivity contribution in [2.75, 3.05) is 6.61 Å². The first-order valence-electron chi connectivity index (χ1n) is 11.9. The number of nitrogens with two attached hydrogens (primary N) is 1. The Kier molecular flexibility index (Phi) is 5.54. The molecular formula is C26H28FN3O5. The van der Waals surface area contributed by atoms with Gasteiger partial charge in [0.1, 0.15) is 12.4 Å². The third-order valence-corrected chi connectivity index (χ3v) is 7.45. The number of halogens is 1. The Bertz CT molecular complexity index is 1460. The van der Waals surface area contributed by atoms with Gasteiger partial charge >= 0.3 is 5.97 Å². The second-order valence-corrected chi connectivity index (χ2v) is 9.16. The third-order valence-electron chi connectivity index (χ3n) is 7.45. The van der Waals surface area contributed by atoms with Crippen LogP contribution in [0.25, 0.3) is 22.3 Å². The van der Waals surface area contributed by atoms with E-state index in [9.17, 15) is 24.2 Å². The van der Waals surface area contributed by atoms with Crippen LogP contribution in [0, 0.1) is 12.7 Å². The largest absolute Gasteiger partial charge is 0.458 e. The topological polar surface area (TPSA) is 128 Å². The SMILES string of the molecule is CC.Cc1c(F)cc2nc3c(c4c2c1CCC4(N)CCO)Cn1c-3cc2c(c1=O)COC(=O)C2O.